The second-order valence-electron chi connectivity index (χ2n) is 5.65. The lowest BCUT2D eigenvalue weighted by Gasteiger charge is -2.11. The van der Waals surface area contributed by atoms with Gasteiger partial charge in [0.2, 0.25) is 0 Å². The minimum Gasteiger partial charge on any atom is -0.246 e. The second kappa shape index (κ2) is 5.45. The molecule has 4 aromatic rings. The highest BCUT2D eigenvalue weighted by molar-refractivity contribution is 5.90. The van der Waals surface area contributed by atoms with E-state index >= 15 is 0 Å². The van der Waals surface area contributed by atoms with Gasteiger partial charge in [0.25, 0.3) is 0 Å². The normalized spacial score (nSPS) is 11.1. The van der Waals surface area contributed by atoms with Crippen LogP contribution in [0.25, 0.3) is 27.8 Å². The van der Waals surface area contributed by atoms with Crippen molar-refractivity contribution >= 4 is 10.8 Å². The van der Waals surface area contributed by atoms with E-state index in [0.29, 0.717) is 16.9 Å². The van der Waals surface area contributed by atoms with Crippen LogP contribution in [0.4, 0.5) is 4.39 Å². The highest BCUT2D eigenvalue weighted by atomic mass is 19.1. The van der Waals surface area contributed by atoms with Gasteiger partial charge in [-0.2, -0.15) is 5.10 Å². The van der Waals surface area contributed by atoms with Crippen molar-refractivity contribution in [2.45, 2.75) is 6.92 Å². The number of H-pyrrole nitrogens is 1. The summed E-state index contributed by atoms with van der Waals surface area (Å²) in [5, 5.41) is 8.21. The molecule has 0 aliphatic heterocycles. The number of aromatic amines is 1. The Morgan fingerprint density at radius 1 is 1.04 bits per heavy atom. The Morgan fingerprint density at radius 2 is 1.88 bits per heavy atom. The van der Waals surface area contributed by atoms with Crippen molar-refractivity contribution in [1.82, 2.24) is 14.8 Å². The van der Waals surface area contributed by atoms with Crippen molar-refractivity contribution < 1.29 is 4.39 Å². The third-order valence-corrected chi connectivity index (χ3v) is 4.12. The van der Waals surface area contributed by atoms with E-state index in [0.717, 1.165) is 16.5 Å². The molecule has 1 N–H and O–H groups in total. The minimum atomic E-state index is -0.356. The van der Waals surface area contributed by atoms with Crippen LogP contribution in [-0.4, -0.2) is 14.8 Å². The molecular weight excluding hydrogens is 305 g/mol. The van der Waals surface area contributed by atoms with Gasteiger partial charge < -0.3 is 0 Å². The number of nitrogens with zero attached hydrogens (tertiary/aromatic N) is 2. The number of nitrogens with one attached hydrogen (secondary N) is 1. The van der Waals surface area contributed by atoms with Gasteiger partial charge in [0.1, 0.15) is 5.82 Å². The fourth-order valence-electron chi connectivity index (χ4n) is 2.95. The molecule has 1 aromatic heterocycles. The summed E-state index contributed by atoms with van der Waals surface area (Å²) in [4.78, 5) is 12.4. The van der Waals surface area contributed by atoms with Crippen LogP contribution >= 0.6 is 0 Å². The maximum absolute atomic E-state index is 13.7. The van der Waals surface area contributed by atoms with E-state index in [9.17, 15) is 9.18 Å². The summed E-state index contributed by atoms with van der Waals surface area (Å²) in [7, 11) is 0. The van der Waals surface area contributed by atoms with Gasteiger partial charge in [-0.3, -0.25) is 0 Å². The SMILES string of the molecule is Cc1ccccc1-c1n[nH]c(=O)n1-c1cccc2ccc(F)cc12. The molecule has 0 radical (unpaired) electrons. The first-order chi connectivity index (χ1) is 11.6. The number of hydrogen-bond acceptors (Lipinski definition) is 2. The zero-order valence-corrected chi connectivity index (χ0v) is 13.0. The largest absolute Gasteiger partial charge is 0.348 e. The smallest absolute Gasteiger partial charge is 0.246 e. The van der Waals surface area contributed by atoms with Crippen molar-refractivity contribution in [1.29, 1.82) is 0 Å². The zero-order chi connectivity index (χ0) is 16.7. The standard InChI is InChI=1S/C19H14FN3O/c1-12-5-2-3-7-15(12)18-21-22-19(24)23(18)17-8-4-6-13-9-10-14(20)11-16(13)17/h2-11H,1H3,(H,22,24). The summed E-state index contributed by atoms with van der Waals surface area (Å²) >= 11 is 0. The van der Waals surface area contributed by atoms with E-state index in [-0.39, 0.29) is 11.5 Å². The lowest BCUT2D eigenvalue weighted by atomic mass is 10.1. The fourth-order valence-corrected chi connectivity index (χ4v) is 2.95. The van der Waals surface area contributed by atoms with E-state index in [2.05, 4.69) is 10.2 Å². The van der Waals surface area contributed by atoms with Gasteiger partial charge in [0.15, 0.2) is 5.82 Å². The molecule has 24 heavy (non-hydrogen) atoms. The van der Waals surface area contributed by atoms with Crippen LogP contribution < -0.4 is 5.69 Å². The Labute approximate surface area is 137 Å². The third kappa shape index (κ3) is 2.22. The number of halogens is 1. The number of rotatable bonds is 2. The van der Waals surface area contributed by atoms with Crippen molar-refractivity contribution in [3.05, 3.63) is 82.5 Å². The molecular formula is C19H14FN3O. The van der Waals surface area contributed by atoms with Crippen molar-refractivity contribution in [3.8, 4) is 17.1 Å². The van der Waals surface area contributed by atoms with Gasteiger partial charge in [-0.1, -0.05) is 42.5 Å². The van der Waals surface area contributed by atoms with Gasteiger partial charge in [0, 0.05) is 10.9 Å². The van der Waals surface area contributed by atoms with Crippen LogP contribution in [0.2, 0.25) is 0 Å². The molecule has 0 bridgehead atoms. The summed E-state index contributed by atoms with van der Waals surface area (Å²) in [6.07, 6.45) is 0. The first-order valence-electron chi connectivity index (χ1n) is 7.57. The predicted molar refractivity (Wildman–Crippen MR) is 91.8 cm³/mol. The number of aryl methyl sites for hydroxylation is 1. The van der Waals surface area contributed by atoms with Crippen LogP contribution in [-0.2, 0) is 0 Å². The van der Waals surface area contributed by atoms with Crippen molar-refractivity contribution in [2.75, 3.05) is 0 Å². The van der Waals surface area contributed by atoms with Gasteiger partial charge in [-0.05, 0) is 36.1 Å². The molecule has 3 aromatic carbocycles. The fraction of sp³-hybridized carbons (Fsp3) is 0.0526. The van der Waals surface area contributed by atoms with E-state index in [1.54, 1.807) is 12.1 Å². The topological polar surface area (TPSA) is 50.7 Å². The summed E-state index contributed by atoms with van der Waals surface area (Å²) in [5.41, 5.74) is 2.10. The molecule has 118 valence electrons. The first kappa shape index (κ1) is 14.4. The van der Waals surface area contributed by atoms with Gasteiger partial charge in [0.05, 0.1) is 5.69 Å². The van der Waals surface area contributed by atoms with Crippen LogP contribution in [0, 0.1) is 12.7 Å². The third-order valence-electron chi connectivity index (χ3n) is 4.12. The predicted octanol–water partition coefficient (Wildman–Crippen LogP) is 3.83. The number of aromatic nitrogens is 3. The van der Waals surface area contributed by atoms with Gasteiger partial charge in [-0.15, -0.1) is 0 Å². The Bertz CT molecular complexity index is 1110. The Balaban J connectivity index is 2.06. The summed E-state index contributed by atoms with van der Waals surface area (Å²) < 4.78 is 15.2. The van der Waals surface area contributed by atoms with E-state index in [4.69, 9.17) is 0 Å². The molecule has 5 heteroatoms. The Morgan fingerprint density at radius 3 is 2.71 bits per heavy atom. The summed E-state index contributed by atoms with van der Waals surface area (Å²) in [6, 6.07) is 17.8. The molecule has 0 unspecified atom stereocenters. The van der Waals surface area contributed by atoms with Gasteiger partial charge in [-0.25, -0.2) is 18.9 Å². The summed E-state index contributed by atoms with van der Waals surface area (Å²) in [6.45, 7) is 1.96. The maximum atomic E-state index is 13.7. The van der Waals surface area contributed by atoms with Crippen molar-refractivity contribution in [2.24, 2.45) is 0 Å². The average Bonchev–Trinajstić information content (AvgIpc) is 2.96. The van der Waals surface area contributed by atoms with Crippen molar-refractivity contribution in [3.63, 3.8) is 0 Å². The van der Waals surface area contributed by atoms with E-state index in [1.807, 2.05) is 43.3 Å². The lowest BCUT2D eigenvalue weighted by molar-refractivity contribution is 0.629. The van der Waals surface area contributed by atoms with Crippen LogP contribution in [0.1, 0.15) is 5.56 Å². The van der Waals surface area contributed by atoms with Crippen LogP contribution in [0.15, 0.2) is 65.5 Å². The zero-order valence-electron chi connectivity index (χ0n) is 13.0. The maximum Gasteiger partial charge on any atom is 0.348 e. The van der Waals surface area contributed by atoms with E-state index in [1.165, 1.54) is 16.7 Å². The molecule has 4 rings (SSSR count). The molecule has 0 saturated heterocycles. The minimum absolute atomic E-state index is 0.344. The molecule has 4 nitrogen and oxygen atoms in total. The summed E-state index contributed by atoms with van der Waals surface area (Å²) in [5.74, 6) is 0.166. The molecule has 0 atom stereocenters. The van der Waals surface area contributed by atoms with Crippen LogP contribution in [0.5, 0.6) is 0 Å². The van der Waals surface area contributed by atoms with Gasteiger partial charge >= 0.3 is 5.69 Å². The molecule has 1 heterocycles. The monoisotopic (exact) mass is 319 g/mol. The highest BCUT2D eigenvalue weighted by Gasteiger charge is 2.16. The number of fused-ring (bicyclic) bond motifs is 1. The molecule has 0 aliphatic rings. The molecule has 0 spiro atoms. The highest BCUT2D eigenvalue weighted by Crippen LogP contribution is 2.27. The molecule has 0 saturated carbocycles. The lowest BCUT2D eigenvalue weighted by Crippen LogP contribution is -2.16. The second-order valence-corrected chi connectivity index (χ2v) is 5.65. The molecule has 0 amide bonds. The molecule has 0 aliphatic carbocycles. The average molecular weight is 319 g/mol. The molecule has 0 fully saturated rings. The van der Waals surface area contributed by atoms with Crippen LogP contribution in [0.3, 0.4) is 0 Å². The Hall–Kier alpha value is -3.21. The number of hydrogen-bond donors (Lipinski definition) is 1. The van der Waals surface area contributed by atoms with E-state index < -0.39 is 0 Å². The Kier molecular flexibility index (Phi) is 3.27. The first-order valence-corrected chi connectivity index (χ1v) is 7.57. The quantitative estimate of drug-likeness (QED) is 0.610. The number of benzene rings is 3.